The first-order chi connectivity index (χ1) is 11.0. The van der Waals surface area contributed by atoms with E-state index in [0.29, 0.717) is 6.54 Å². The Morgan fingerprint density at radius 2 is 1.92 bits per heavy atom. The number of aryl methyl sites for hydroxylation is 1. The Morgan fingerprint density at radius 1 is 1.33 bits per heavy atom. The van der Waals surface area contributed by atoms with Gasteiger partial charge in [0, 0.05) is 25.2 Å². The number of hydrogen-bond acceptors (Lipinski definition) is 6. The molecule has 2 rings (SSSR count). The number of nitrogens with zero attached hydrogens (tertiary/aromatic N) is 2. The van der Waals surface area contributed by atoms with Crippen LogP contribution in [0, 0.1) is 6.92 Å². The van der Waals surface area contributed by atoms with Gasteiger partial charge >= 0.3 is 7.12 Å². The number of carbonyl (C=O) groups excluding carboxylic acids is 1. The van der Waals surface area contributed by atoms with E-state index in [2.05, 4.69) is 15.3 Å². The average molecular weight is 332 g/mol. The van der Waals surface area contributed by atoms with Crippen LogP contribution in [0.2, 0.25) is 0 Å². The summed E-state index contributed by atoms with van der Waals surface area (Å²) < 4.78 is 12.2. The third-order valence-corrected chi connectivity index (χ3v) is 4.47. The second kappa shape index (κ2) is 6.53. The van der Waals surface area contributed by atoms with Gasteiger partial charge in [-0.2, -0.15) is 0 Å². The molecular formula is C16H25BN4O3. The van der Waals surface area contributed by atoms with Crippen molar-refractivity contribution in [3.8, 4) is 0 Å². The van der Waals surface area contributed by atoms with Crippen molar-refractivity contribution in [2.24, 2.45) is 0 Å². The minimum absolute atomic E-state index is 0.123. The van der Waals surface area contributed by atoms with Gasteiger partial charge in [0.15, 0.2) is 0 Å². The molecule has 130 valence electrons. The number of carbonyl (C=O) groups is 1. The van der Waals surface area contributed by atoms with Crippen LogP contribution in [0.25, 0.3) is 6.08 Å². The number of anilines is 1. The van der Waals surface area contributed by atoms with Crippen molar-refractivity contribution in [1.82, 2.24) is 15.3 Å². The Balaban J connectivity index is 2.35. The lowest BCUT2D eigenvalue weighted by Gasteiger charge is -2.32. The Kier molecular flexibility index (Phi) is 5.01. The van der Waals surface area contributed by atoms with Gasteiger partial charge in [-0.3, -0.25) is 4.79 Å². The first-order valence-electron chi connectivity index (χ1n) is 7.91. The van der Waals surface area contributed by atoms with E-state index in [0.717, 1.165) is 16.7 Å². The first-order valence-corrected chi connectivity index (χ1v) is 7.91. The molecule has 1 aromatic rings. The molecule has 7 nitrogen and oxygen atoms in total. The highest BCUT2D eigenvalue weighted by atomic mass is 16.7. The van der Waals surface area contributed by atoms with Gasteiger partial charge in [0.2, 0.25) is 11.9 Å². The predicted octanol–water partition coefficient (Wildman–Crippen LogP) is 1.52. The van der Waals surface area contributed by atoms with Gasteiger partial charge in [0.05, 0.1) is 16.9 Å². The number of rotatable bonds is 4. The topological polar surface area (TPSA) is 99.4 Å². The fraction of sp³-hybridized carbons (Fsp3) is 0.562. The SMILES string of the molecule is CC(=O)NCC(=Cc1cnc(N)nc1C)B1OC(C)(C)C(C)(C)O1. The van der Waals surface area contributed by atoms with Crippen LogP contribution in [-0.4, -0.2) is 40.7 Å². The van der Waals surface area contributed by atoms with Gasteiger partial charge < -0.3 is 20.4 Å². The van der Waals surface area contributed by atoms with Crippen molar-refractivity contribution in [3.63, 3.8) is 0 Å². The summed E-state index contributed by atoms with van der Waals surface area (Å²) in [4.78, 5) is 19.5. The fourth-order valence-electron chi connectivity index (χ4n) is 2.26. The van der Waals surface area contributed by atoms with E-state index < -0.39 is 18.3 Å². The monoisotopic (exact) mass is 332 g/mol. The zero-order valence-corrected chi connectivity index (χ0v) is 15.1. The zero-order valence-electron chi connectivity index (χ0n) is 15.1. The summed E-state index contributed by atoms with van der Waals surface area (Å²) >= 11 is 0. The Bertz CT molecular complexity index is 657. The molecule has 0 unspecified atom stereocenters. The van der Waals surface area contributed by atoms with Gasteiger partial charge in [-0.15, -0.1) is 0 Å². The maximum Gasteiger partial charge on any atom is 0.492 e. The number of nitrogens with one attached hydrogen (secondary N) is 1. The normalized spacial score (nSPS) is 19.4. The van der Waals surface area contributed by atoms with Crippen LogP contribution < -0.4 is 11.1 Å². The van der Waals surface area contributed by atoms with Crippen molar-refractivity contribution in [2.75, 3.05) is 12.3 Å². The van der Waals surface area contributed by atoms with Gasteiger partial charge in [-0.05, 0) is 40.1 Å². The Hall–Kier alpha value is -1.93. The average Bonchev–Trinajstić information content (AvgIpc) is 2.65. The molecule has 1 aromatic heterocycles. The second-order valence-electron chi connectivity index (χ2n) is 6.99. The van der Waals surface area contributed by atoms with Crippen molar-refractivity contribution in [2.45, 2.75) is 52.7 Å². The summed E-state index contributed by atoms with van der Waals surface area (Å²) in [5.74, 6) is 0.103. The van der Waals surface area contributed by atoms with Crippen molar-refractivity contribution < 1.29 is 14.1 Å². The van der Waals surface area contributed by atoms with Crippen molar-refractivity contribution in [1.29, 1.82) is 0 Å². The summed E-state index contributed by atoms with van der Waals surface area (Å²) in [6, 6.07) is 0. The molecule has 0 aliphatic carbocycles. The summed E-state index contributed by atoms with van der Waals surface area (Å²) in [6.07, 6.45) is 3.53. The Labute approximate surface area is 143 Å². The van der Waals surface area contributed by atoms with Gasteiger partial charge in [-0.1, -0.05) is 6.08 Å². The molecule has 0 saturated carbocycles. The minimum atomic E-state index is -0.557. The quantitative estimate of drug-likeness (QED) is 0.811. The molecule has 1 amide bonds. The number of aromatic nitrogens is 2. The van der Waals surface area contributed by atoms with Gasteiger partial charge in [0.1, 0.15) is 0 Å². The minimum Gasteiger partial charge on any atom is -0.400 e. The summed E-state index contributed by atoms with van der Waals surface area (Å²) in [5.41, 5.74) is 7.03. The van der Waals surface area contributed by atoms with Gasteiger partial charge in [-0.25, -0.2) is 9.97 Å². The molecule has 2 heterocycles. The first kappa shape index (κ1) is 18.4. The van der Waals surface area contributed by atoms with Crippen LogP contribution in [0.15, 0.2) is 11.7 Å². The lowest BCUT2D eigenvalue weighted by molar-refractivity contribution is -0.118. The van der Waals surface area contributed by atoms with E-state index in [-0.39, 0.29) is 11.9 Å². The lowest BCUT2D eigenvalue weighted by Crippen LogP contribution is -2.41. The molecule has 0 bridgehead atoms. The van der Waals surface area contributed by atoms with Crippen molar-refractivity contribution >= 4 is 25.0 Å². The highest BCUT2D eigenvalue weighted by Crippen LogP contribution is 2.38. The van der Waals surface area contributed by atoms with Crippen LogP contribution >= 0.6 is 0 Å². The molecule has 24 heavy (non-hydrogen) atoms. The number of nitrogens with two attached hydrogens (primary N) is 1. The number of amides is 1. The molecule has 0 aromatic carbocycles. The van der Waals surface area contributed by atoms with E-state index in [9.17, 15) is 4.79 Å². The number of hydrogen-bond donors (Lipinski definition) is 2. The molecule has 1 saturated heterocycles. The Morgan fingerprint density at radius 3 is 2.42 bits per heavy atom. The third kappa shape index (κ3) is 3.94. The van der Waals surface area contributed by atoms with Crippen LogP contribution in [0.4, 0.5) is 5.95 Å². The molecule has 8 heteroatoms. The van der Waals surface area contributed by atoms with Crippen LogP contribution in [0.3, 0.4) is 0 Å². The van der Waals surface area contributed by atoms with Crippen molar-refractivity contribution in [3.05, 3.63) is 22.9 Å². The zero-order chi connectivity index (χ0) is 18.1. The molecule has 1 aliphatic heterocycles. The lowest BCUT2D eigenvalue weighted by atomic mass is 9.77. The fourth-order valence-corrected chi connectivity index (χ4v) is 2.26. The van der Waals surface area contributed by atoms with Gasteiger partial charge in [0.25, 0.3) is 0 Å². The van der Waals surface area contributed by atoms with E-state index >= 15 is 0 Å². The van der Waals surface area contributed by atoms with E-state index in [1.807, 2.05) is 40.7 Å². The third-order valence-electron chi connectivity index (χ3n) is 4.47. The second-order valence-corrected chi connectivity index (χ2v) is 6.99. The summed E-state index contributed by atoms with van der Waals surface area (Å²) in [7, 11) is -0.557. The van der Waals surface area contributed by atoms with Crippen LogP contribution in [0.5, 0.6) is 0 Å². The van der Waals surface area contributed by atoms with E-state index in [4.69, 9.17) is 15.0 Å². The molecular weight excluding hydrogens is 307 g/mol. The summed E-state index contributed by atoms with van der Waals surface area (Å²) in [5, 5.41) is 2.80. The molecule has 1 aliphatic rings. The molecule has 0 spiro atoms. The maximum atomic E-state index is 11.3. The smallest absolute Gasteiger partial charge is 0.400 e. The summed E-state index contributed by atoms with van der Waals surface area (Å²) in [6.45, 7) is 11.6. The highest BCUT2D eigenvalue weighted by molar-refractivity contribution is 6.56. The molecule has 0 radical (unpaired) electrons. The molecule has 1 fully saturated rings. The van der Waals surface area contributed by atoms with E-state index in [1.54, 1.807) is 6.20 Å². The standard InChI is InChI=1S/C16H25BN4O3/c1-10-12(8-20-14(18)21-10)7-13(9-19-11(2)22)17-23-15(3,4)16(5,6)24-17/h7-8H,9H2,1-6H3,(H,19,22)(H2,18,20,21). The maximum absolute atomic E-state index is 11.3. The molecule has 3 N–H and O–H groups in total. The van der Waals surface area contributed by atoms with Crippen LogP contribution in [-0.2, 0) is 14.1 Å². The highest BCUT2D eigenvalue weighted by Gasteiger charge is 2.52. The largest absolute Gasteiger partial charge is 0.492 e. The van der Waals surface area contributed by atoms with E-state index in [1.165, 1.54) is 6.92 Å². The predicted molar refractivity (Wildman–Crippen MR) is 93.9 cm³/mol. The molecule has 0 atom stereocenters. The van der Waals surface area contributed by atoms with Crippen LogP contribution in [0.1, 0.15) is 45.9 Å². The number of nitrogen functional groups attached to an aromatic ring is 1.